The quantitative estimate of drug-likeness (QED) is 0.593. The van der Waals surface area contributed by atoms with Gasteiger partial charge in [-0.1, -0.05) is 86.8 Å². The first kappa shape index (κ1) is 23.1. The van der Waals surface area contributed by atoms with Gasteiger partial charge in [-0.2, -0.15) is 0 Å². The highest BCUT2D eigenvalue weighted by Gasteiger charge is 2.29. The molecule has 0 aromatic heterocycles. The lowest BCUT2D eigenvalue weighted by molar-refractivity contribution is -0.141. The molecule has 3 rings (SSSR count). The summed E-state index contributed by atoms with van der Waals surface area (Å²) >= 11 is 0. The molecule has 1 aliphatic carbocycles. The zero-order valence-corrected chi connectivity index (χ0v) is 18.8. The van der Waals surface area contributed by atoms with Gasteiger partial charge in [0.05, 0.1) is 0 Å². The second-order valence-electron chi connectivity index (χ2n) is 8.58. The van der Waals surface area contributed by atoms with E-state index < -0.39 is 6.04 Å². The van der Waals surface area contributed by atoms with Crippen molar-refractivity contribution >= 4 is 11.8 Å². The van der Waals surface area contributed by atoms with Gasteiger partial charge in [-0.05, 0) is 43.2 Å². The molecule has 1 fully saturated rings. The first-order valence-corrected chi connectivity index (χ1v) is 11.8. The zero-order valence-electron chi connectivity index (χ0n) is 18.8. The van der Waals surface area contributed by atoms with Crippen molar-refractivity contribution < 1.29 is 9.59 Å². The lowest BCUT2D eigenvalue weighted by atomic mass is 9.95. The van der Waals surface area contributed by atoms with Crippen LogP contribution in [-0.2, 0) is 22.4 Å². The third-order valence-corrected chi connectivity index (χ3v) is 6.29. The lowest BCUT2D eigenvalue weighted by Gasteiger charge is -2.33. The normalized spacial score (nSPS) is 15.3. The summed E-state index contributed by atoms with van der Waals surface area (Å²) < 4.78 is 0. The van der Waals surface area contributed by atoms with Crippen LogP contribution in [0.5, 0.6) is 0 Å². The highest BCUT2D eigenvalue weighted by atomic mass is 16.2. The number of aryl methyl sites for hydroxylation is 1. The summed E-state index contributed by atoms with van der Waals surface area (Å²) in [6, 6.07) is 20.1. The molecule has 2 aromatic rings. The molecule has 1 aliphatic rings. The van der Waals surface area contributed by atoms with Gasteiger partial charge in [0.25, 0.3) is 0 Å². The van der Waals surface area contributed by atoms with Crippen LogP contribution < -0.4 is 5.32 Å². The van der Waals surface area contributed by atoms with E-state index in [0.29, 0.717) is 25.8 Å². The Kier molecular flexibility index (Phi) is 9.14. The summed E-state index contributed by atoms with van der Waals surface area (Å²) in [6.45, 7) is 2.57. The highest BCUT2D eigenvalue weighted by Crippen LogP contribution is 2.19. The molecule has 4 nitrogen and oxygen atoms in total. The number of hydrogen-bond acceptors (Lipinski definition) is 2. The molecular weight excluding hydrogens is 384 g/mol. The maximum atomic E-state index is 13.3. The van der Waals surface area contributed by atoms with Crippen LogP contribution in [0.15, 0.2) is 60.7 Å². The number of benzene rings is 2. The average molecular weight is 421 g/mol. The molecule has 0 heterocycles. The van der Waals surface area contributed by atoms with Crippen molar-refractivity contribution in [1.82, 2.24) is 10.2 Å². The number of hydrogen-bond donors (Lipinski definition) is 1. The summed E-state index contributed by atoms with van der Waals surface area (Å²) in [5.41, 5.74) is 2.34. The molecule has 1 N–H and O–H groups in total. The smallest absolute Gasteiger partial charge is 0.243 e. The average Bonchev–Trinajstić information content (AvgIpc) is 2.82. The van der Waals surface area contributed by atoms with E-state index in [-0.39, 0.29) is 17.9 Å². The molecule has 0 radical (unpaired) electrons. The van der Waals surface area contributed by atoms with Gasteiger partial charge in [-0.3, -0.25) is 9.59 Å². The van der Waals surface area contributed by atoms with Crippen molar-refractivity contribution in [1.29, 1.82) is 0 Å². The van der Waals surface area contributed by atoms with E-state index in [4.69, 9.17) is 0 Å². The van der Waals surface area contributed by atoms with Gasteiger partial charge in [-0.25, -0.2) is 0 Å². The molecule has 1 saturated carbocycles. The van der Waals surface area contributed by atoms with Gasteiger partial charge in [0.1, 0.15) is 6.04 Å². The van der Waals surface area contributed by atoms with E-state index in [1.165, 1.54) is 24.8 Å². The number of nitrogens with zero attached hydrogens (tertiary/aromatic N) is 1. The maximum Gasteiger partial charge on any atom is 0.243 e. The molecule has 1 atom stereocenters. The molecular formula is C27H36N2O2. The van der Waals surface area contributed by atoms with Crippen LogP contribution in [-0.4, -0.2) is 35.3 Å². The highest BCUT2D eigenvalue weighted by molar-refractivity contribution is 5.88. The Bertz CT molecular complexity index is 801. The first-order valence-electron chi connectivity index (χ1n) is 11.8. The van der Waals surface area contributed by atoms with Crippen LogP contribution in [0.4, 0.5) is 0 Å². The van der Waals surface area contributed by atoms with Crippen LogP contribution in [0.1, 0.15) is 63.0 Å². The monoisotopic (exact) mass is 420 g/mol. The van der Waals surface area contributed by atoms with Gasteiger partial charge in [0.15, 0.2) is 0 Å². The summed E-state index contributed by atoms with van der Waals surface area (Å²) in [4.78, 5) is 28.3. The van der Waals surface area contributed by atoms with Crippen LogP contribution in [0.2, 0.25) is 0 Å². The van der Waals surface area contributed by atoms with E-state index in [2.05, 4.69) is 29.6 Å². The summed E-state index contributed by atoms with van der Waals surface area (Å²) in [5, 5.41) is 3.24. The zero-order chi connectivity index (χ0) is 21.9. The van der Waals surface area contributed by atoms with E-state index in [0.717, 1.165) is 24.8 Å². The first-order chi connectivity index (χ1) is 15.2. The second-order valence-corrected chi connectivity index (χ2v) is 8.58. The molecule has 4 heteroatoms. The van der Waals surface area contributed by atoms with Crippen molar-refractivity contribution in [3.8, 4) is 0 Å². The number of carbonyl (C=O) groups excluding carboxylic acids is 2. The SMILES string of the molecule is CCC(C(=O)NC1CCCCC1)N(CCc1ccccc1)C(=O)CCc1ccccc1. The third kappa shape index (κ3) is 7.23. The molecule has 31 heavy (non-hydrogen) atoms. The summed E-state index contributed by atoms with van der Waals surface area (Å²) in [7, 11) is 0. The van der Waals surface area contributed by atoms with Crippen LogP contribution in [0.25, 0.3) is 0 Å². The molecule has 2 aromatic carbocycles. The van der Waals surface area contributed by atoms with Gasteiger partial charge in [0.2, 0.25) is 11.8 Å². The fraction of sp³-hybridized carbons (Fsp3) is 0.481. The Balaban J connectivity index is 1.68. The van der Waals surface area contributed by atoms with Gasteiger partial charge in [0, 0.05) is 19.0 Å². The van der Waals surface area contributed by atoms with Crippen LogP contribution in [0, 0.1) is 0 Å². The molecule has 166 valence electrons. The van der Waals surface area contributed by atoms with Gasteiger partial charge in [-0.15, -0.1) is 0 Å². The fourth-order valence-corrected chi connectivity index (χ4v) is 4.48. The topological polar surface area (TPSA) is 49.4 Å². The predicted octanol–water partition coefficient (Wildman–Crippen LogP) is 4.92. The third-order valence-electron chi connectivity index (χ3n) is 6.29. The summed E-state index contributed by atoms with van der Waals surface area (Å²) in [6.07, 6.45) is 8.21. The Hall–Kier alpha value is -2.62. The number of amides is 2. The minimum absolute atomic E-state index is 0.00974. The lowest BCUT2D eigenvalue weighted by Crippen LogP contribution is -2.52. The number of rotatable bonds is 10. The number of nitrogens with one attached hydrogen (secondary N) is 1. The van der Waals surface area contributed by atoms with Gasteiger partial charge >= 0.3 is 0 Å². The predicted molar refractivity (Wildman–Crippen MR) is 126 cm³/mol. The Labute approximate surface area is 187 Å². The largest absolute Gasteiger partial charge is 0.352 e. The Morgan fingerprint density at radius 2 is 1.48 bits per heavy atom. The molecule has 0 spiro atoms. The Morgan fingerprint density at radius 3 is 2.06 bits per heavy atom. The van der Waals surface area contributed by atoms with Crippen LogP contribution in [0.3, 0.4) is 0 Å². The second kappa shape index (κ2) is 12.3. The van der Waals surface area contributed by atoms with E-state index >= 15 is 0 Å². The van der Waals surface area contributed by atoms with Gasteiger partial charge < -0.3 is 10.2 Å². The number of carbonyl (C=O) groups is 2. The molecule has 0 saturated heterocycles. The van der Waals surface area contributed by atoms with Crippen molar-refractivity contribution in [2.45, 2.75) is 76.8 Å². The van der Waals surface area contributed by atoms with Crippen molar-refractivity contribution in [2.75, 3.05) is 6.54 Å². The Morgan fingerprint density at radius 1 is 0.903 bits per heavy atom. The molecule has 0 aliphatic heterocycles. The molecule has 1 unspecified atom stereocenters. The van der Waals surface area contributed by atoms with Crippen molar-refractivity contribution in [3.63, 3.8) is 0 Å². The van der Waals surface area contributed by atoms with E-state index in [1.54, 1.807) is 0 Å². The minimum Gasteiger partial charge on any atom is -0.352 e. The van der Waals surface area contributed by atoms with Crippen molar-refractivity contribution in [3.05, 3.63) is 71.8 Å². The van der Waals surface area contributed by atoms with E-state index in [9.17, 15) is 9.59 Å². The molecule has 0 bridgehead atoms. The summed E-state index contributed by atoms with van der Waals surface area (Å²) in [5.74, 6) is 0.0703. The minimum atomic E-state index is -0.408. The van der Waals surface area contributed by atoms with Crippen molar-refractivity contribution in [2.24, 2.45) is 0 Å². The fourth-order valence-electron chi connectivity index (χ4n) is 4.48. The molecule has 2 amide bonds. The van der Waals surface area contributed by atoms with Crippen LogP contribution >= 0.6 is 0 Å². The standard InChI is InChI=1S/C27H36N2O2/c1-2-25(27(31)28-24-16-10-5-11-17-24)29(21-20-23-14-8-4-9-15-23)26(30)19-18-22-12-6-3-7-13-22/h3-4,6-9,12-15,24-25H,2,5,10-11,16-21H2,1H3,(H,28,31). The maximum absolute atomic E-state index is 13.3. The van der Waals surface area contributed by atoms with E-state index in [1.807, 2.05) is 48.2 Å².